The summed E-state index contributed by atoms with van der Waals surface area (Å²) in [6.45, 7) is 5.13. The lowest BCUT2D eigenvalue weighted by Crippen LogP contribution is -2.52. The molecule has 0 saturated heterocycles. The Morgan fingerprint density at radius 1 is 0.806 bits per heavy atom. The SMILES string of the molecule is CC(Cc1c[nH]c2ccccc12)NC(=O)[C@H](C)NC(=O)[C@H](C)NC(=O)c1ccccc1. The number of benzene rings is 2. The minimum absolute atomic E-state index is 0.110. The predicted molar refractivity (Wildman–Crippen MR) is 121 cm³/mol. The van der Waals surface area contributed by atoms with Gasteiger partial charge in [-0.15, -0.1) is 0 Å². The Hall–Kier alpha value is -3.61. The molecule has 1 aromatic heterocycles. The van der Waals surface area contributed by atoms with E-state index in [1.165, 1.54) is 0 Å². The first-order valence-electron chi connectivity index (χ1n) is 10.4. The topological polar surface area (TPSA) is 103 Å². The summed E-state index contributed by atoms with van der Waals surface area (Å²) in [7, 11) is 0. The highest BCUT2D eigenvalue weighted by molar-refractivity contribution is 5.98. The molecule has 0 aliphatic rings. The molecule has 7 heteroatoms. The second kappa shape index (κ2) is 9.93. The molecule has 3 aromatic rings. The maximum atomic E-state index is 12.5. The smallest absolute Gasteiger partial charge is 0.251 e. The lowest BCUT2D eigenvalue weighted by atomic mass is 10.1. The molecule has 0 spiro atoms. The fourth-order valence-corrected chi connectivity index (χ4v) is 3.39. The number of fused-ring (bicyclic) bond motifs is 1. The average molecular weight is 421 g/mol. The fourth-order valence-electron chi connectivity index (χ4n) is 3.39. The Kier molecular flexibility index (Phi) is 7.07. The molecule has 3 amide bonds. The van der Waals surface area contributed by atoms with Crippen molar-refractivity contribution in [3.63, 3.8) is 0 Å². The zero-order valence-corrected chi connectivity index (χ0v) is 17.9. The van der Waals surface area contributed by atoms with Crippen molar-refractivity contribution in [2.24, 2.45) is 0 Å². The van der Waals surface area contributed by atoms with E-state index < -0.39 is 18.0 Å². The van der Waals surface area contributed by atoms with Crippen molar-refractivity contribution < 1.29 is 14.4 Å². The highest BCUT2D eigenvalue weighted by Crippen LogP contribution is 2.19. The molecular formula is C24H28N4O3. The van der Waals surface area contributed by atoms with Gasteiger partial charge in [-0.25, -0.2) is 0 Å². The van der Waals surface area contributed by atoms with Gasteiger partial charge in [0.1, 0.15) is 12.1 Å². The first-order valence-corrected chi connectivity index (χ1v) is 10.4. The van der Waals surface area contributed by atoms with Crippen molar-refractivity contribution in [1.29, 1.82) is 0 Å². The van der Waals surface area contributed by atoms with Gasteiger partial charge in [-0.3, -0.25) is 14.4 Å². The minimum atomic E-state index is -0.772. The molecule has 3 rings (SSSR count). The van der Waals surface area contributed by atoms with E-state index in [1.807, 2.05) is 43.5 Å². The Balaban J connectivity index is 1.48. The van der Waals surface area contributed by atoms with Crippen molar-refractivity contribution in [1.82, 2.24) is 20.9 Å². The number of nitrogens with one attached hydrogen (secondary N) is 4. The molecule has 7 nitrogen and oxygen atoms in total. The van der Waals surface area contributed by atoms with Crippen LogP contribution in [0.5, 0.6) is 0 Å². The van der Waals surface area contributed by atoms with Crippen molar-refractivity contribution in [2.45, 2.75) is 45.3 Å². The predicted octanol–water partition coefficient (Wildman–Crippen LogP) is 2.54. The highest BCUT2D eigenvalue weighted by Gasteiger charge is 2.22. The minimum Gasteiger partial charge on any atom is -0.361 e. The molecular weight excluding hydrogens is 392 g/mol. The monoisotopic (exact) mass is 420 g/mol. The van der Waals surface area contributed by atoms with Gasteiger partial charge in [0.25, 0.3) is 5.91 Å². The van der Waals surface area contributed by atoms with Gasteiger partial charge >= 0.3 is 0 Å². The maximum absolute atomic E-state index is 12.5. The van der Waals surface area contributed by atoms with Crippen molar-refractivity contribution >= 4 is 28.6 Å². The molecule has 2 aromatic carbocycles. The molecule has 0 saturated carbocycles. The number of aromatic nitrogens is 1. The second-order valence-corrected chi connectivity index (χ2v) is 7.76. The summed E-state index contributed by atoms with van der Waals surface area (Å²) < 4.78 is 0. The second-order valence-electron chi connectivity index (χ2n) is 7.76. The van der Waals surface area contributed by atoms with E-state index in [-0.39, 0.29) is 17.9 Å². The number of carbonyl (C=O) groups excluding carboxylic acids is 3. The summed E-state index contributed by atoms with van der Waals surface area (Å²) >= 11 is 0. The molecule has 0 aliphatic carbocycles. The van der Waals surface area contributed by atoms with Crippen LogP contribution in [0.1, 0.15) is 36.7 Å². The van der Waals surface area contributed by atoms with Gasteiger partial charge in [0, 0.05) is 28.7 Å². The first kappa shape index (κ1) is 22.1. The van der Waals surface area contributed by atoms with Gasteiger partial charge in [-0.05, 0) is 51.0 Å². The maximum Gasteiger partial charge on any atom is 0.251 e. The van der Waals surface area contributed by atoms with Crippen LogP contribution in [0.2, 0.25) is 0 Å². The van der Waals surface area contributed by atoms with Crippen LogP contribution in [-0.2, 0) is 16.0 Å². The third kappa shape index (κ3) is 5.72. The van der Waals surface area contributed by atoms with Gasteiger partial charge in [0.15, 0.2) is 0 Å². The van der Waals surface area contributed by atoms with E-state index in [1.54, 1.807) is 38.1 Å². The van der Waals surface area contributed by atoms with E-state index in [0.717, 1.165) is 16.5 Å². The van der Waals surface area contributed by atoms with Crippen molar-refractivity contribution in [3.8, 4) is 0 Å². The molecule has 0 bridgehead atoms. The lowest BCUT2D eigenvalue weighted by molar-refractivity contribution is -0.129. The Labute approximate surface area is 181 Å². The van der Waals surface area contributed by atoms with E-state index in [0.29, 0.717) is 12.0 Å². The van der Waals surface area contributed by atoms with Crippen molar-refractivity contribution in [3.05, 3.63) is 71.9 Å². The summed E-state index contributed by atoms with van der Waals surface area (Å²) in [5.41, 5.74) is 2.65. The molecule has 0 aliphatic heterocycles. The van der Waals surface area contributed by atoms with Gasteiger partial charge in [0.2, 0.25) is 11.8 Å². The molecule has 0 fully saturated rings. The Bertz CT molecular complexity index is 1060. The van der Waals surface area contributed by atoms with Crippen molar-refractivity contribution in [2.75, 3.05) is 0 Å². The molecule has 162 valence electrons. The van der Waals surface area contributed by atoms with Crippen LogP contribution >= 0.6 is 0 Å². The van der Waals surface area contributed by atoms with E-state index in [2.05, 4.69) is 20.9 Å². The number of carbonyl (C=O) groups is 3. The van der Waals surface area contributed by atoms with Crippen LogP contribution in [0.3, 0.4) is 0 Å². The summed E-state index contributed by atoms with van der Waals surface area (Å²) in [6.07, 6.45) is 2.62. The van der Waals surface area contributed by atoms with Crippen LogP contribution in [0.4, 0.5) is 0 Å². The lowest BCUT2D eigenvalue weighted by Gasteiger charge is -2.20. The number of H-pyrrole nitrogens is 1. The standard InChI is InChI=1S/C24H28N4O3/c1-15(13-19-14-25-21-12-8-7-11-20(19)21)26-22(29)16(2)27-23(30)17(3)28-24(31)18-9-5-4-6-10-18/h4-12,14-17,25H,13H2,1-3H3,(H,26,29)(H,27,30)(H,28,31)/t15?,16-,17-/m0/s1. The van der Waals surface area contributed by atoms with Crippen LogP contribution in [0.25, 0.3) is 10.9 Å². The van der Waals surface area contributed by atoms with Gasteiger partial charge < -0.3 is 20.9 Å². The normalized spacial score (nSPS) is 13.8. The molecule has 0 radical (unpaired) electrons. The van der Waals surface area contributed by atoms with Crippen LogP contribution < -0.4 is 16.0 Å². The summed E-state index contributed by atoms with van der Waals surface area (Å²) in [5.74, 6) is -1.04. The summed E-state index contributed by atoms with van der Waals surface area (Å²) in [4.78, 5) is 40.4. The van der Waals surface area contributed by atoms with E-state index >= 15 is 0 Å². The number of rotatable bonds is 8. The van der Waals surface area contributed by atoms with Gasteiger partial charge in [-0.1, -0.05) is 36.4 Å². The summed E-state index contributed by atoms with van der Waals surface area (Å²) in [6, 6.07) is 15.1. The number of amides is 3. The Morgan fingerprint density at radius 3 is 2.16 bits per heavy atom. The highest BCUT2D eigenvalue weighted by atomic mass is 16.2. The van der Waals surface area contributed by atoms with Gasteiger partial charge in [0.05, 0.1) is 0 Å². The van der Waals surface area contributed by atoms with Gasteiger partial charge in [-0.2, -0.15) is 0 Å². The largest absolute Gasteiger partial charge is 0.361 e. The quantitative estimate of drug-likeness (QED) is 0.450. The molecule has 4 N–H and O–H groups in total. The molecule has 31 heavy (non-hydrogen) atoms. The fraction of sp³-hybridized carbons (Fsp3) is 0.292. The zero-order chi connectivity index (χ0) is 22.4. The van der Waals surface area contributed by atoms with E-state index in [4.69, 9.17) is 0 Å². The van der Waals surface area contributed by atoms with Crippen LogP contribution in [-0.4, -0.2) is 40.8 Å². The van der Waals surface area contributed by atoms with Crippen LogP contribution in [0.15, 0.2) is 60.8 Å². The third-order valence-corrected chi connectivity index (χ3v) is 5.12. The van der Waals surface area contributed by atoms with Crippen LogP contribution in [0, 0.1) is 0 Å². The zero-order valence-electron chi connectivity index (χ0n) is 17.9. The number of para-hydroxylation sites is 1. The number of hydrogen-bond donors (Lipinski definition) is 4. The molecule has 1 unspecified atom stereocenters. The molecule has 3 atom stereocenters. The number of aromatic amines is 1. The Morgan fingerprint density at radius 2 is 1.42 bits per heavy atom. The summed E-state index contributed by atoms with van der Waals surface area (Å²) in [5, 5.41) is 9.37. The van der Waals surface area contributed by atoms with E-state index in [9.17, 15) is 14.4 Å². The molecule has 1 heterocycles. The third-order valence-electron chi connectivity index (χ3n) is 5.12. The number of hydrogen-bond acceptors (Lipinski definition) is 3. The first-order chi connectivity index (χ1) is 14.8. The average Bonchev–Trinajstić information content (AvgIpc) is 3.16.